The lowest BCUT2D eigenvalue weighted by molar-refractivity contribution is -0.146. The highest BCUT2D eigenvalue weighted by Crippen LogP contribution is 2.44. The number of ether oxygens (including phenoxy) is 1. The van der Waals surface area contributed by atoms with E-state index in [1.807, 2.05) is 43.3 Å². The summed E-state index contributed by atoms with van der Waals surface area (Å²) < 4.78 is 5.56. The smallest absolute Gasteiger partial charge is 0.407 e. The van der Waals surface area contributed by atoms with Crippen LogP contribution in [-0.2, 0) is 14.3 Å². The number of carboxylic acids is 1. The quantitative estimate of drug-likeness (QED) is 0.414. The Labute approximate surface area is 193 Å². The molecule has 0 spiro atoms. The van der Waals surface area contributed by atoms with Crippen molar-refractivity contribution in [3.8, 4) is 11.1 Å². The van der Waals surface area contributed by atoms with Gasteiger partial charge in [-0.1, -0.05) is 68.3 Å². The van der Waals surface area contributed by atoms with E-state index >= 15 is 0 Å². The molecule has 0 aromatic heterocycles. The van der Waals surface area contributed by atoms with Gasteiger partial charge in [-0.25, -0.2) is 9.59 Å². The summed E-state index contributed by atoms with van der Waals surface area (Å²) in [5.41, 5.74) is 4.52. The molecule has 33 heavy (non-hydrogen) atoms. The van der Waals surface area contributed by atoms with Crippen LogP contribution < -0.4 is 10.6 Å². The number of benzene rings is 2. The van der Waals surface area contributed by atoms with Crippen molar-refractivity contribution in [2.24, 2.45) is 0 Å². The van der Waals surface area contributed by atoms with E-state index in [0.29, 0.717) is 6.42 Å². The Bertz CT molecular complexity index is 947. The minimum absolute atomic E-state index is 0.0312. The van der Waals surface area contributed by atoms with Crippen molar-refractivity contribution in [2.75, 3.05) is 13.2 Å². The first-order valence-electron chi connectivity index (χ1n) is 11.2. The lowest BCUT2D eigenvalue weighted by atomic mass is 9.98. The van der Waals surface area contributed by atoms with Crippen LogP contribution in [0.15, 0.2) is 48.5 Å². The number of carbonyl (C=O) groups is 3. The van der Waals surface area contributed by atoms with E-state index in [1.165, 1.54) is 0 Å². The highest BCUT2D eigenvalue weighted by atomic mass is 16.5. The molecule has 1 unspecified atom stereocenters. The van der Waals surface area contributed by atoms with Crippen LogP contribution in [0.1, 0.15) is 49.7 Å². The van der Waals surface area contributed by atoms with Crippen molar-refractivity contribution >= 4 is 18.0 Å². The van der Waals surface area contributed by atoms with Crippen LogP contribution in [0.25, 0.3) is 11.1 Å². The fourth-order valence-electron chi connectivity index (χ4n) is 4.08. The average molecular weight is 455 g/mol. The second-order valence-corrected chi connectivity index (χ2v) is 8.17. The molecule has 0 radical (unpaired) electrons. The van der Waals surface area contributed by atoms with Gasteiger partial charge in [0.05, 0.1) is 6.54 Å². The van der Waals surface area contributed by atoms with Gasteiger partial charge in [0.2, 0.25) is 5.91 Å². The van der Waals surface area contributed by atoms with E-state index in [1.54, 1.807) is 0 Å². The molecule has 0 heterocycles. The van der Waals surface area contributed by atoms with Crippen LogP contribution in [-0.4, -0.2) is 53.5 Å². The molecule has 2 aromatic rings. The van der Waals surface area contributed by atoms with Crippen LogP contribution in [0.5, 0.6) is 0 Å². The first-order valence-corrected chi connectivity index (χ1v) is 11.2. The summed E-state index contributed by atoms with van der Waals surface area (Å²) in [6.07, 6.45) is -0.0253. The summed E-state index contributed by atoms with van der Waals surface area (Å²) in [5.74, 6) is -1.91. The van der Waals surface area contributed by atoms with Gasteiger partial charge in [0, 0.05) is 18.4 Å². The van der Waals surface area contributed by atoms with Crippen LogP contribution in [0, 0.1) is 0 Å². The number of carboxylic acid groups (broad SMARTS) is 1. The monoisotopic (exact) mass is 454 g/mol. The predicted molar refractivity (Wildman–Crippen MR) is 123 cm³/mol. The van der Waals surface area contributed by atoms with Crippen LogP contribution >= 0.6 is 0 Å². The minimum atomic E-state index is -1.67. The number of hydrogen-bond acceptors (Lipinski definition) is 5. The summed E-state index contributed by atoms with van der Waals surface area (Å²) >= 11 is 0. The van der Waals surface area contributed by atoms with E-state index in [9.17, 15) is 19.5 Å². The summed E-state index contributed by atoms with van der Waals surface area (Å²) in [6, 6.07) is 15.7. The predicted octanol–water partition coefficient (Wildman–Crippen LogP) is 3.04. The summed E-state index contributed by atoms with van der Waals surface area (Å²) in [6.45, 7) is 1.80. The number of aliphatic hydroxyl groups excluding tert-OH is 1. The number of carbonyl (C=O) groups excluding carboxylic acids is 2. The molecule has 0 aliphatic heterocycles. The van der Waals surface area contributed by atoms with Crippen molar-refractivity contribution in [1.82, 2.24) is 10.6 Å². The Hall–Kier alpha value is -3.39. The number of alkyl carbamates (subject to hydrolysis) is 1. The van der Waals surface area contributed by atoms with Gasteiger partial charge in [-0.2, -0.15) is 0 Å². The number of hydrogen-bond donors (Lipinski definition) is 4. The zero-order valence-electron chi connectivity index (χ0n) is 18.6. The normalized spacial score (nSPS) is 14.0. The molecule has 176 valence electrons. The fourth-order valence-corrected chi connectivity index (χ4v) is 4.08. The Morgan fingerprint density at radius 1 is 1.03 bits per heavy atom. The third kappa shape index (κ3) is 6.32. The van der Waals surface area contributed by atoms with E-state index in [0.717, 1.165) is 35.1 Å². The van der Waals surface area contributed by atoms with Crippen LogP contribution in [0.4, 0.5) is 4.79 Å². The zero-order valence-corrected chi connectivity index (χ0v) is 18.6. The molecule has 1 aliphatic rings. The number of aliphatic carboxylic acids is 1. The Morgan fingerprint density at radius 2 is 1.64 bits per heavy atom. The van der Waals surface area contributed by atoms with Gasteiger partial charge in [-0.15, -0.1) is 0 Å². The molecule has 4 N–H and O–H groups in total. The van der Waals surface area contributed by atoms with Gasteiger partial charge < -0.3 is 25.6 Å². The summed E-state index contributed by atoms with van der Waals surface area (Å²) in [7, 11) is 0. The van der Waals surface area contributed by atoms with Crippen molar-refractivity contribution in [3.05, 3.63) is 59.7 Å². The second kappa shape index (κ2) is 11.5. The van der Waals surface area contributed by atoms with Crippen molar-refractivity contribution in [3.63, 3.8) is 0 Å². The molecule has 2 aromatic carbocycles. The number of fused-ring (bicyclic) bond motifs is 3. The SMILES string of the molecule is CCCC[C@@H](CC(=O)NCC(O)C(=O)O)NC(=O)OCC1c2ccccc2-c2ccccc21. The number of nitrogens with one attached hydrogen (secondary N) is 2. The van der Waals surface area contributed by atoms with E-state index in [4.69, 9.17) is 9.84 Å². The molecule has 0 fully saturated rings. The molecule has 2 atom stereocenters. The molecule has 0 saturated carbocycles. The number of rotatable bonds is 11. The van der Waals surface area contributed by atoms with Gasteiger partial charge in [-0.3, -0.25) is 4.79 Å². The van der Waals surface area contributed by atoms with Gasteiger partial charge in [-0.05, 0) is 28.7 Å². The van der Waals surface area contributed by atoms with E-state index in [2.05, 4.69) is 22.8 Å². The zero-order chi connectivity index (χ0) is 23.8. The lowest BCUT2D eigenvalue weighted by Gasteiger charge is -2.20. The largest absolute Gasteiger partial charge is 0.479 e. The molecule has 3 rings (SSSR count). The number of amides is 2. The summed E-state index contributed by atoms with van der Waals surface area (Å²) in [4.78, 5) is 35.4. The molecule has 8 heteroatoms. The molecule has 0 bridgehead atoms. The highest BCUT2D eigenvalue weighted by molar-refractivity contribution is 5.80. The van der Waals surface area contributed by atoms with E-state index in [-0.39, 0.29) is 25.5 Å². The molecule has 0 saturated heterocycles. The van der Waals surface area contributed by atoms with Crippen LogP contribution in [0.2, 0.25) is 0 Å². The Balaban J connectivity index is 1.57. The maximum atomic E-state index is 12.6. The number of aliphatic hydroxyl groups is 1. The molecule has 2 amide bonds. The first kappa shape index (κ1) is 24.3. The van der Waals surface area contributed by atoms with Gasteiger partial charge in [0.15, 0.2) is 6.10 Å². The van der Waals surface area contributed by atoms with Crippen LogP contribution in [0.3, 0.4) is 0 Å². The minimum Gasteiger partial charge on any atom is -0.479 e. The van der Waals surface area contributed by atoms with Gasteiger partial charge in [0.1, 0.15) is 6.61 Å². The topological polar surface area (TPSA) is 125 Å². The average Bonchev–Trinajstić information content (AvgIpc) is 3.13. The Kier molecular flexibility index (Phi) is 8.43. The lowest BCUT2D eigenvalue weighted by Crippen LogP contribution is -2.42. The van der Waals surface area contributed by atoms with E-state index < -0.39 is 30.1 Å². The van der Waals surface area contributed by atoms with Crippen molar-refractivity contribution in [2.45, 2.75) is 50.7 Å². The Morgan fingerprint density at radius 3 is 2.21 bits per heavy atom. The standard InChI is InChI=1S/C25H30N2O6/c1-2-3-8-16(13-23(29)26-14-22(28)24(30)31)27-25(32)33-15-21-19-11-6-4-9-17(19)18-10-5-7-12-20(18)21/h4-7,9-12,16,21-22,28H,2-3,8,13-15H2,1H3,(H,26,29)(H,27,32)(H,30,31)/t16-,22?/m0/s1. The molecule has 1 aliphatic carbocycles. The maximum Gasteiger partial charge on any atom is 0.407 e. The van der Waals surface area contributed by atoms with Crippen molar-refractivity contribution in [1.29, 1.82) is 0 Å². The molecule has 8 nitrogen and oxygen atoms in total. The highest BCUT2D eigenvalue weighted by Gasteiger charge is 2.29. The van der Waals surface area contributed by atoms with Crippen molar-refractivity contribution < 1.29 is 29.3 Å². The summed E-state index contributed by atoms with van der Waals surface area (Å²) in [5, 5.41) is 23.2. The molecular weight excluding hydrogens is 424 g/mol. The maximum absolute atomic E-state index is 12.6. The first-order chi connectivity index (χ1) is 15.9. The third-order valence-electron chi connectivity index (χ3n) is 5.78. The third-order valence-corrected chi connectivity index (χ3v) is 5.78. The number of unbranched alkanes of at least 4 members (excludes halogenated alkanes) is 1. The van der Waals surface area contributed by atoms with Gasteiger partial charge in [0.25, 0.3) is 0 Å². The van der Waals surface area contributed by atoms with Gasteiger partial charge >= 0.3 is 12.1 Å². The molecular formula is C25H30N2O6. The fraction of sp³-hybridized carbons (Fsp3) is 0.400. The second-order valence-electron chi connectivity index (χ2n) is 8.17.